The molecule has 0 aliphatic heterocycles. The molecule has 0 bridgehead atoms. The molecule has 0 aromatic carbocycles. The molecule has 7 heteroatoms. The Morgan fingerprint density at radius 1 is 1.14 bits per heavy atom. The first-order valence-corrected chi connectivity index (χ1v) is 14.9. The maximum absolute atomic E-state index is 11.9. The van der Waals surface area contributed by atoms with Gasteiger partial charge in [-0.2, -0.15) is 0 Å². The summed E-state index contributed by atoms with van der Waals surface area (Å²) in [7, 11) is 1.27. The number of allylic oxidation sites excluding steroid dienone is 2. The molecule has 4 fully saturated rings. The van der Waals surface area contributed by atoms with Crippen LogP contribution < -0.4 is 0 Å². The summed E-state index contributed by atoms with van der Waals surface area (Å²) in [6.45, 7) is 13.9. The second-order valence-electron chi connectivity index (χ2n) is 13.7. The van der Waals surface area contributed by atoms with Crippen molar-refractivity contribution in [2.45, 2.75) is 111 Å². The molecule has 4 aliphatic carbocycles. The number of rotatable bonds is 8. The maximum atomic E-state index is 11.9. The van der Waals surface area contributed by atoms with Crippen LogP contribution in [0.2, 0.25) is 0 Å². The molecular formula is C29H50AcBO4S. The second kappa shape index (κ2) is 12.1. The van der Waals surface area contributed by atoms with Crippen molar-refractivity contribution in [3.63, 3.8) is 0 Å². The molecular weight excluding hydrogens is 682 g/mol. The monoisotopic (exact) mass is 734 g/mol. The van der Waals surface area contributed by atoms with Crippen molar-refractivity contribution in [2.75, 3.05) is 6.61 Å². The zero-order valence-corrected chi connectivity index (χ0v) is 29.0. The van der Waals surface area contributed by atoms with E-state index < -0.39 is 6.10 Å². The van der Waals surface area contributed by atoms with Crippen molar-refractivity contribution in [2.24, 2.45) is 51.8 Å². The van der Waals surface area contributed by atoms with Gasteiger partial charge >= 0.3 is 0 Å². The van der Waals surface area contributed by atoms with Crippen LogP contribution in [0.3, 0.4) is 0 Å². The molecule has 4 saturated carbocycles. The van der Waals surface area contributed by atoms with Crippen LogP contribution in [0.5, 0.6) is 0 Å². The summed E-state index contributed by atoms with van der Waals surface area (Å²) in [5.74, 6) is 1.44. The van der Waals surface area contributed by atoms with Gasteiger partial charge in [-0.3, -0.25) is 0 Å². The Hall–Kier alpha value is 1.44. The van der Waals surface area contributed by atoms with Crippen molar-refractivity contribution in [3.8, 4) is 0 Å². The summed E-state index contributed by atoms with van der Waals surface area (Å²) >= 11 is 1.14. The fraction of sp³-hybridized carbons (Fsp3) is 0.931. The van der Waals surface area contributed by atoms with Gasteiger partial charge in [-0.1, -0.05) is 51.2 Å². The molecule has 0 aromatic heterocycles. The van der Waals surface area contributed by atoms with E-state index in [1.807, 2.05) is 0 Å². The summed E-state index contributed by atoms with van der Waals surface area (Å²) in [5, 5.41) is 33.8. The quantitative estimate of drug-likeness (QED) is 0.177. The third kappa shape index (κ3) is 5.14. The van der Waals surface area contributed by atoms with Crippen molar-refractivity contribution in [1.82, 2.24) is 0 Å². The first-order chi connectivity index (χ1) is 16.9. The Morgan fingerprint density at radius 2 is 1.86 bits per heavy atom. The van der Waals surface area contributed by atoms with Crippen LogP contribution in [0, 0.1) is 95.8 Å². The number of aliphatic hydroxyl groups excluding tert-OH is 3. The Bertz CT molecular complexity index is 817. The number of aliphatic hydroxyl groups is 3. The molecule has 202 valence electrons. The second-order valence-corrected chi connectivity index (χ2v) is 14.0. The van der Waals surface area contributed by atoms with E-state index in [0.29, 0.717) is 11.8 Å². The Balaban J connectivity index is 0.00000380. The van der Waals surface area contributed by atoms with E-state index in [1.165, 1.54) is 12.7 Å². The van der Waals surface area contributed by atoms with Gasteiger partial charge in [0, 0.05) is 50.7 Å². The molecule has 3 N–H and O–H groups in total. The van der Waals surface area contributed by atoms with Crippen molar-refractivity contribution < 1.29 is 63.6 Å². The van der Waals surface area contributed by atoms with E-state index in [9.17, 15) is 15.3 Å². The van der Waals surface area contributed by atoms with Crippen molar-refractivity contribution >= 4 is 19.0 Å². The molecule has 4 nitrogen and oxygen atoms in total. The van der Waals surface area contributed by atoms with E-state index in [0.717, 1.165) is 63.3 Å². The minimum atomic E-state index is -0.418. The number of fused-ring (bicyclic) bond motifs is 5. The fourth-order valence-corrected chi connectivity index (χ4v) is 10.7. The van der Waals surface area contributed by atoms with Gasteiger partial charge < -0.3 is 19.5 Å². The van der Waals surface area contributed by atoms with Gasteiger partial charge in [0.2, 0.25) is 7.09 Å². The van der Waals surface area contributed by atoms with Gasteiger partial charge in [0.1, 0.15) is 0 Å². The summed E-state index contributed by atoms with van der Waals surface area (Å²) in [6.07, 6.45) is 9.12. The molecule has 0 aromatic rings. The average Bonchev–Trinajstić information content (AvgIpc) is 3.06. The SMILES string of the molecule is [3H][B]SO[C@@H]1CC[C@@]2(C)C(CCC3(C)C2C(O)CC2C([C@@H](CO)CCC=C(C)C)[C@@H](O)C[C@@]23C)C1C.[Ac]. The topological polar surface area (TPSA) is 69.9 Å². The standard InChI is InChI=1S/C29H50BO4S.Ac/c1-17(2)8-7-9-19(16-31)25-21-14-22(32)26-27(4)12-11-24(34-35-30)18(3)20(27)10-13-28(26,5)29(21,6)15-23(25)33;/h8,18-26,30-33H,7,9-16H2,1-6H3;/t18?,19-,20?,21?,22?,23+,24-,25?,26?,27+,28?,29+;/m1./s1/i30T;. The predicted octanol–water partition coefficient (Wildman–Crippen LogP) is 5.43. The van der Waals surface area contributed by atoms with Crippen LogP contribution in [-0.2, 0) is 4.18 Å². The fourth-order valence-electron chi connectivity index (χ4n) is 10.3. The molecule has 4 aliphatic rings. The van der Waals surface area contributed by atoms with Gasteiger partial charge in [0.15, 0.2) is 0 Å². The molecule has 2 radical (unpaired) electrons. The summed E-state index contributed by atoms with van der Waals surface area (Å²) in [4.78, 5) is 0. The Labute approximate surface area is 263 Å². The Morgan fingerprint density at radius 3 is 2.50 bits per heavy atom. The first-order valence-electron chi connectivity index (χ1n) is 14.6. The van der Waals surface area contributed by atoms with Gasteiger partial charge in [-0.05, 0) is 118 Å². The van der Waals surface area contributed by atoms with Crippen LogP contribution in [0.4, 0.5) is 0 Å². The van der Waals surface area contributed by atoms with Crippen LogP contribution in [-0.4, -0.2) is 48.7 Å². The molecule has 0 spiro atoms. The van der Waals surface area contributed by atoms with E-state index in [4.69, 9.17) is 5.52 Å². The van der Waals surface area contributed by atoms with E-state index in [2.05, 4.69) is 47.6 Å². The van der Waals surface area contributed by atoms with Crippen LogP contribution >= 0.6 is 11.9 Å². The summed E-state index contributed by atoms with van der Waals surface area (Å²) < 4.78 is 13.3. The van der Waals surface area contributed by atoms with Gasteiger partial charge in [0.05, 0.1) is 18.3 Å². The zero-order chi connectivity index (χ0) is 26.5. The molecule has 12 atom stereocenters. The van der Waals surface area contributed by atoms with Crippen LogP contribution in [0.1, 0.15) is 92.9 Å². The minimum Gasteiger partial charge on any atom is -0.396 e. The molecule has 0 amide bonds. The summed E-state index contributed by atoms with van der Waals surface area (Å²) in [6, 6.07) is 0. The van der Waals surface area contributed by atoms with Crippen LogP contribution in [0.15, 0.2) is 11.6 Å². The maximum Gasteiger partial charge on any atom is 0.209 e. The van der Waals surface area contributed by atoms with Gasteiger partial charge in [0.25, 0.3) is 0 Å². The normalized spacial score (nSPS) is 49.0. The molecule has 0 heterocycles. The van der Waals surface area contributed by atoms with Gasteiger partial charge in [-0.15, -0.1) is 0 Å². The minimum absolute atomic E-state index is 0. The van der Waals surface area contributed by atoms with Gasteiger partial charge in [-0.25, -0.2) is 0 Å². The molecule has 0 saturated heterocycles. The Kier molecular flexibility index (Phi) is 10.2. The van der Waals surface area contributed by atoms with Crippen LogP contribution in [0.25, 0.3) is 0 Å². The third-order valence-electron chi connectivity index (χ3n) is 12.0. The predicted molar refractivity (Wildman–Crippen MR) is 146 cm³/mol. The van der Waals surface area contributed by atoms with E-state index in [1.54, 1.807) is 0 Å². The van der Waals surface area contributed by atoms with Crippen molar-refractivity contribution in [1.29, 1.82) is 1.34 Å². The zero-order valence-electron chi connectivity index (χ0n) is 24.5. The molecule has 7 unspecified atom stereocenters. The summed E-state index contributed by atoms with van der Waals surface area (Å²) in [5.41, 5.74) is 1.24. The number of hydrogen-bond acceptors (Lipinski definition) is 5. The largest absolute Gasteiger partial charge is 0.396 e. The van der Waals surface area contributed by atoms with E-state index >= 15 is 0 Å². The van der Waals surface area contributed by atoms with Crippen molar-refractivity contribution in [3.05, 3.63) is 11.6 Å². The van der Waals surface area contributed by atoms with E-state index in [-0.39, 0.29) is 103 Å². The smallest absolute Gasteiger partial charge is 0.209 e. The number of hydrogen-bond donors (Lipinski definition) is 3. The third-order valence-corrected chi connectivity index (χ3v) is 12.4. The molecule has 4 rings (SSSR count). The molecule has 36 heavy (non-hydrogen) atoms. The average molecular weight is 735 g/mol. The first kappa shape index (κ1) is 30.4.